The van der Waals surface area contributed by atoms with Gasteiger partial charge in [-0.05, 0) is 55.0 Å². The predicted molar refractivity (Wildman–Crippen MR) is 101 cm³/mol. The van der Waals surface area contributed by atoms with E-state index >= 15 is 0 Å². The molecule has 0 radical (unpaired) electrons. The predicted octanol–water partition coefficient (Wildman–Crippen LogP) is 4.04. The molecule has 4 rings (SSSR count). The van der Waals surface area contributed by atoms with Crippen LogP contribution < -0.4 is 10.1 Å². The van der Waals surface area contributed by atoms with Gasteiger partial charge in [0.25, 0.3) is 5.91 Å². The van der Waals surface area contributed by atoms with E-state index < -0.39 is 0 Å². The standard InChI is InChI=1S/C20H18N4O2/c1-12(2)24-19(25)16-5-3-4-13-10-14(6-7-15(13)16)26-20-17-8-9-21-18(17)22-11-23-20/h3-12H,1-2H3,(H,24,25)(H,21,22,23). The van der Waals surface area contributed by atoms with Crippen LogP contribution in [0.2, 0.25) is 0 Å². The van der Waals surface area contributed by atoms with E-state index in [2.05, 4.69) is 20.3 Å². The van der Waals surface area contributed by atoms with Gasteiger partial charge in [0.05, 0.1) is 5.39 Å². The van der Waals surface area contributed by atoms with Crippen molar-refractivity contribution in [3.8, 4) is 11.6 Å². The molecule has 0 aliphatic rings. The van der Waals surface area contributed by atoms with Gasteiger partial charge in [0, 0.05) is 17.8 Å². The van der Waals surface area contributed by atoms with Crippen LogP contribution in [0.15, 0.2) is 55.0 Å². The summed E-state index contributed by atoms with van der Waals surface area (Å²) < 4.78 is 5.95. The number of hydrogen-bond acceptors (Lipinski definition) is 4. The molecular weight excluding hydrogens is 328 g/mol. The molecule has 26 heavy (non-hydrogen) atoms. The number of hydrogen-bond donors (Lipinski definition) is 2. The van der Waals surface area contributed by atoms with Gasteiger partial charge < -0.3 is 15.0 Å². The van der Waals surface area contributed by atoms with Crippen molar-refractivity contribution < 1.29 is 9.53 Å². The van der Waals surface area contributed by atoms with Crippen LogP contribution in [0.4, 0.5) is 0 Å². The number of nitrogens with zero attached hydrogens (tertiary/aromatic N) is 2. The van der Waals surface area contributed by atoms with E-state index in [1.54, 1.807) is 6.20 Å². The van der Waals surface area contributed by atoms with Crippen LogP contribution in [-0.2, 0) is 0 Å². The van der Waals surface area contributed by atoms with Crippen molar-refractivity contribution in [3.05, 3.63) is 60.6 Å². The molecule has 2 N–H and O–H groups in total. The molecule has 0 saturated carbocycles. The normalized spacial score (nSPS) is 11.2. The quantitative estimate of drug-likeness (QED) is 0.584. The molecule has 2 heterocycles. The van der Waals surface area contributed by atoms with Crippen LogP contribution in [0, 0.1) is 0 Å². The second kappa shape index (κ2) is 6.48. The van der Waals surface area contributed by atoms with Crippen LogP contribution in [-0.4, -0.2) is 26.9 Å². The molecule has 0 bridgehead atoms. The fourth-order valence-corrected chi connectivity index (χ4v) is 2.90. The molecule has 6 nitrogen and oxygen atoms in total. The summed E-state index contributed by atoms with van der Waals surface area (Å²) in [6, 6.07) is 13.3. The zero-order chi connectivity index (χ0) is 18.1. The molecule has 2 aromatic heterocycles. The molecule has 130 valence electrons. The summed E-state index contributed by atoms with van der Waals surface area (Å²) in [5.74, 6) is 1.06. The fraction of sp³-hybridized carbons (Fsp3) is 0.150. The van der Waals surface area contributed by atoms with Gasteiger partial charge >= 0.3 is 0 Å². The number of ether oxygens (including phenoxy) is 1. The Morgan fingerprint density at radius 3 is 2.85 bits per heavy atom. The zero-order valence-corrected chi connectivity index (χ0v) is 14.5. The topological polar surface area (TPSA) is 79.9 Å². The first-order valence-corrected chi connectivity index (χ1v) is 8.41. The molecule has 0 fully saturated rings. The van der Waals surface area contributed by atoms with Crippen molar-refractivity contribution in [1.82, 2.24) is 20.3 Å². The van der Waals surface area contributed by atoms with E-state index in [1.807, 2.05) is 56.3 Å². The number of aromatic amines is 1. The number of carbonyl (C=O) groups excluding carboxylic acids is 1. The summed E-state index contributed by atoms with van der Waals surface area (Å²) in [5, 5.41) is 5.56. The molecule has 2 aromatic carbocycles. The lowest BCUT2D eigenvalue weighted by atomic mass is 10.0. The maximum absolute atomic E-state index is 12.4. The number of fused-ring (bicyclic) bond motifs is 2. The summed E-state index contributed by atoms with van der Waals surface area (Å²) in [4.78, 5) is 23.8. The number of aromatic nitrogens is 3. The summed E-state index contributed by atoms with van der Waals surface area (Å²) in [5.41, 5.74) is 1.38. The summed E-state index contributed by atoms with van der Waals surface area (Å²) in [6.45, 7) is 3.89. The van der Waals surface area contributed by atoms with Gasteiger partial charge in [-0.25, -0.2) is 9.97 Å². The average Bonchev–Trinajstić information content (AvgIpc) is 3.10. The second-order valence-electron chi connectivity index (χ2n) is 6.34. The highest BCUT2D eigenvalue weighted by Crippen LogP contribution is 2.29. The SMILES string of the molecule is CC(C)NC(=O)c1cccc2cc(Oc3ncnc4[nH]ccc34)ccc12. The van der Waals surface area contributed by atoms with E-state index in [-0.39, 0.29) is 11.9 Å². The Kier molecular flexibility index (Phi) is 4.01. The highest BCUT2D eigenvalue weighted by Gasteiger charge is 2.12. The van der Waals surface area contributed by atoms with Crippen molar-refractivity contribution in [2.75, 3.05) is 0 Å². The Morgan fingerprint density at radius 2 is 2.00 bits per heavy atom. The van der Waals surface area contributed by atoms with Crippen LogP contribution in [0.1, 0.15) is 24.2 Å². The second-order valence-corrected chi connectivity index (χ2v) is 6.34. The van der Waals surface area contributed by atoms with E-state index in [9.17, 15) is 4.79 Å². The van der Waals surface area contributed by atoms with E-state index in [1.165, 1.54) is 6.33 Å². The van der Waals surface area contributed by atoms with Crippen LogP contribution >= 0.6 is 0 Å². The maximum atomic E-state index is 12.4. The van der Waals surface area contributed by atoms with Gasteiger partial charge in [0.1, 0.15) is 17.7 Å². The minimum Gasteiger partial charge on any atom is -0.438 e. The first-order chi connectivity index (χ1) is 12.6. The highest BCUT2D eigenvalue weighted by molar-refractivity contribution is 6.07. The third kappa shape index (κ3) is 2.97. The molecule has 0 spiro atoms. The third-order valence-electron chi connectivity index (χ3n) is 4.05. The molecule has 0 unspecified atom stereocenters. The number of amides is 1. The van der Waals surface area contributed by atoms with Gasteiger partial charge in [-0.3, -0.25) is 4.79 Å². The van der Waals surface area contributed by atoms with E-state index in [4.69, 9.17) is 4.74 Å². The van der Waals surface area contributed by atoms with Gasteiger partial charge in [0.2, 0.25) is 5.88 Å². The molecule has 0 aliphatic carbocycles. The lowest BCUT2D eigenvalue weighted by Crippen LogP contribution is -2.30. The average molecular weight is 346 g/mol. The Labute approximate surface area is 150 Å². The number of benzene rings is 2. The van der Waals surface area contributed by atoms with Crippen LogP contribution in [0.25, 0.3) is 21.8 Å². The Morgan fingerprint density at radius 1 is 1.12 bits per heavy atom. The molecule has 4 aromatic rings. The van der Waals surface area contributed by atoms with Crippen molar-refractivity contribution in [3.63, 3.8) is 0 Å². The molecule has 6 heteroatoms. The third-order valence-corrected chi connectivity index (χ3v) is 4.05. The summed E-state index contributed by atoms with van der Waals surface area (Å²) in [7, 11) is 0. The van der Waals surface area contributed by atoms with Crippen molar-refractivity contribution >= 4 is 27.7 Å². The fourth-order valence-electron chi connectivity index (χ4n) is 2.90. The Bertz CT molecular complexity index is 1100. The zero-order valence-electron chi connectivity index (χ0n) is 14.5. The molecule has 0 atom stereocenters. The largest absolute Gasteiger partial charge is 0.438 e. The number of H-pyrrole nitrogens is 1. The first-order valence-electron chi connectivity index (χ1n) is 8.41. The van der Waals surface area contributed by atoms with Crippen molar-refractivity contribution in [2.24, 2.45) is 0 Å². The number of rotatable bonds is 4. The minimum absolute atomic E-state index is 0.0795. The number of nitrogens with one attached hydrogen (secondary N) is 2. The summed E-state index contributed by atoms with van der Waals surface area (Å²) in [6.07, 6.45) is 3.26. The van der Waals surface area contributed by atoms with Crippen LogP contribution in [0.3, 0.4) is 0 Å². The Balaban J connectivity index is 1.70. The van der Waals surface area contributed by atoms with Gasteiger partial charge in [-0.15, -0.1) is 0 Å². The van der Waals surface area contributed by atoms with Crippen LogP contribution in [0.5, 0.6) is 11.6 Å². The lowest BCUT2D eigenvalue weighted by molar-refractivity contribution is 0.0945. The summed E-state index contributed by atoms with van der Waals surface area (Å²) >= 11 is 0. The van der Waals surface area contributed by atoms with Gasteiger partial charge in [-0.1, -0.05) is 12.1 Å². The molecule has 0 aliphatic heterocycles. The molecule has 0 saturated heterocycles. The first kappa shape index (κ1) is 16.1. The molecular formula is C20H18N4O2. The monoisotopic (exact) mass is 346 g/mol. The maximum Gasteiger partial charge on any atom is 0.252 e. The van der Waals surface area contributed by atoms with Crippen molar-refractivity contribution in [1.29, 1.82) is 0 Å². The van der Waals surface area contributed by atoms with Gasteiger partial charge in [-0.2, -0.15) is 0 Å². The van der Waals surface area contributed by atoms with Crippen molar-refractivity contribution in [2.45, 2.75) is 19.9 Å². The smallest absolute Gasteiger partial charge is 0.252 e. The Hall–Kier alpha value is -3.41. The minimum atomic E-state index is -0.0795. The van der Waals surface area contributed by atoms with E-state index in [0.29, 0.717) is 17.2 Å². The van der Waals surface area contributed by atoms with Gasteiger partial charge in [0.15, 0.2) is 0 Å². The number of carbonyl (C=O) groups is 1. The van der Waals surface area contributed by atoms with E-state index in [0.717, 1.165) is 21.8 Å². The molecule has 1 amide bonds. The highest BCUT2D eigenvalue weighted by atomic mass is 16.5. The lowest BCUT2D eigenvalue weighted by Gasteiger charge is -2.11.